The molecule has 1 aromatic carbocycles. The number of fused-ring (bicyclic) bond motifs is 1. The largest absolute Gasteiger partial charge is 0.497 e. The van der Waals surface area contributed by atoms with Crippen LogP contribution in [0.4, 0.5) is 5.95 Å². The molecule has 10 heteroatoms. The van der Waals surface area contributed by atoms with Gasteiger partial charge in [0.15, 0.2) is 0 Å². The summed E-state index contributed by atoms with van der Waals surface area (Å²) in [7, 11) is 4.53. The molecule has 0 aliphatic heterocycles. The molecule has 1 aliphatic rings. The molecule has 0 spiro atoms. The minimum absolute atomic E-state index is 0.00714. The number of rotatable bonds is 8. The maximum absolute atomic E-state index is 13.1. The SMILES string of the molecule is CC.CONC(=O)c1cn(C2CCCCC2)c2nc(NCc3cc(OC)cc(OC)c3)ncc2c1=O. The summed E-state index contributed by atoms with van der Waals surface area (Å²) in [4.78, 5) is 39.2. The smallest absolute Gasteiger partial charge is 0.280 e. The van der Waals surface area contributed by atoms with Crippen molar-refractivity contribution in [2.45, 2.75) is 58.5 Å². The predicted octanol–water partition coefficient (Wildman–Crippen LogP) is 4.24. The molecule has 194 valence electrons. The molecule has 2 N–H and O–H groups in total. The number of nitrogens with zero attached hydrogens (tertiary/aromatic N) is 3. The lowest BCUT2D eigenvalue weighted by atomic mass is 9.95. The molecular formula is C26H35N5O5. The number of ether oxygens (including phenoxy) is 2. The summed E-state index contributed by atoms with van der Waals surface area (Å²) >= 11 is 0. The molecule has 0 unspecified atom stereocenters. The average molecular weight is 498 g/mol. The third kappa shape index (κ3) is 6.12. The summed E-state index contributed by atoms with van der Waals surface area (Å²) in [5.41, 5.74) is 3.25. The number of hydroxylamine groups is 1. The third-order valence-electron chi connectivity index (χ3n) is 6.04. The summed E-state index contributed by atoms with van der Waals surface area (Å²) < 4.78 is 12.6. The lowest BCUT2D eigenvalue weighted by molar-refractivity contribution is 0.0535. The lowest BCUT2D eigenvalue weighted by Crippen LogP contribution is -2.30. The molecule has 1 fully saturated rings. The molecular weight excluding hydrogens is 462 g/mol. The number of carbonyl (C=O) groups excluding carboxylic acids is 1. The van der Waals surface area contributed by atoms with Crippen LogP contribution in [0.15, 0.2) is 35.4 Å². The molecule has 0 bridgehead atoms. The van der Waals surface area contributed by atoms with Crippen LogP contribution in [0.2, 0.25) is 0 Å². The number of pyridine rings is 1. The van der Waals surface area contributed by atoms with E-state index in [9.17, 15) is 9.59 Å². The Morgan fingerprint density at radius 1 is 1.06 bits per heavy atom. The number of carbonyl (C=O) groups is 1. The van der Waals surface area contributed by atoms with Gasteiger partial charge in [-0.3, -0.25) is 14.4 Å². The number of nitrogens with one attached hydrogen (secondary N) is 2. The second-order valence-corrected chi connectivity index (χ2v) is 8.21. The number of aromatic nitrogens is 3. The maximum atomic E-state index is 13.1. The van der Waals surface area contributed by atoms with E-state index in [1.54, 1.807) is 26.5 Å². The summed E-state index contributed by atoms with van der Waals surface area (Å²) in [5.74, 6) is 1.16. The minimum atomic E-state index is -0.590. The van der Waals surface area contributed by atoms with Gasteiger partial charge in [-0.15, -0.1) is 0 Å². The summed E-state index contributed by atoms with van der Waals surface area (Å²) in [6, 6.07) is 5.75. The van der Waals surface area contributed by atoms with Gasteiger partial charge >= 0.3 is 0 Å². The first-order chi connectivity index (χ1) is 17.5. The maximum Gasteiger partial charge on any atom is 0.280 e. The van der Waals surface area contributed by atoms with Gasteiger partial charge in [0.2, 0.25) is 11.4 Å². The Bertz CT molecular complexity index is 1220. The average Bonchev–Trinajstić information content (AvgIpc) is 2.93. The molecule has 4 rings (SSSR count). The van der Waals surface area contributed by atoms with Crippen LogP contribution in [0.1, 0.15) is 67.9 Å². The molecule has 1 saturated carbocycles. The second-order valence-electron chi connectivity index (χ2n) is 8.21. The number of hydrogen-bond donors (Lipinski definition) is 2. The van der Waals surface area contributed by atoms with Crippen molar-refractivity contribution < 1.29 is 19.1 Å². The summed E-state index contributed by atoms with van der Waals surface area (Å²) in [5, 5.41) is 3.51. The fourth-order valence-corrected chi connectivity index (χ4v) is 4.32. The number of anilines is 1. The van der Waals surface area contributed by atoms with Crippen LogP contribution in [0, 0.1) is 0 Å². The first-order valence-electron chi connectivity index (χ1n) is 12.2. The van der Waals surface area contributed by atoms with E-state index in [0.29, 0.717) is 35.0 Å². The van der Waals surface area contributed by atoms with Crippen LogP contribution in [0.5, 0.6) is 11.5 Å². The Labute approximate surface area is 211 Å². The molecule has 0 atom stereocenters. The zero-order valence-electron chi connectivity index (χ0n) is 21.6. The van der Waals surface area contributed by atoms with Gasteiger partial charge in [0.25, 0.3) is 5.91 Å². The van der Waals surface area contributed by atoms with Crippen LogP contribution in [0.3, 0.4) is 0 Å². The van der Waals surface area contributed by atoms with Gasteiger partial charge in [0, 0.05) is 31.0 Å². The highest BCUT2D eigenvalue weighted by atomic mass is 16.6. The van der Waals surface area contributed by atoms with Crippen LogP contribution >= 0.6 is 0 Å². The topological polar surface area (TPSA) is 117 Å². The first kappa shape index (κ1) is 26.9. The fraction of sp³-hybridized carbons (Fsp3) is 0.462. The molecule has 0 radical (unpaired) electrons. The van der Waals surface area contributed by atoms with E-state index in [1.807, 2.05) is 30.5 Å². The molecule has 10 nitrogen and oxygen atoms in total. The van der Waals surface area contributed by atoms with Crippen molar-refractivity contribution in [1.82, 2.24) is 20.0 Å². The minimum Gasteiger partial charge on any atom is -0.497 e. The van der Waals surface area contributed by atoms with Crippen molar-refractivity contribution in [1.29, 1.82) is 0 Å². The Balaban J connectivity index is 0.00000176. The van der Waals surface area contributed by atoms with E-state index in [4.69, 9.17) is 14.3 Å². The first-order valence-corrected chi connectivity index (χ1v) is 12.2. The zero-order valence-corrected chi connectivity index (χ0v) is 21.6. The van der Waals surface area contributed by atoms with Gasteiger partial charge in [-0.2, -0.15) is 4.98 Å². The van der Waals surface area contributed by atoms with Gasteiger partial charge in [-0.25, -0.2) is 10.5 Å². The third-order valence-corrected chi connectivity index (χ3v) is 6.04. The normalized spacial score (nSPS) is 13.5. The van der Waals surface area contributed by atoms with E-state index in [2.05, 4.69) is 20.8 Å². The van der Waals surface area contributed by atoms with Gasteiger partial charge < -0.3 is 19.4 Å². The van der Waals surface area contributed by atoms with E-state index in [1.165, 1.54) is 19.7 Å². The lowest BCUT2D eigenvalue weighted by Gasteiger charge is -2.26. The quantitative estimate of drug-likeness (QED) is 0.444. The summed E-state index contributed by atoms with van der Waals surface area (Å²) in [6.45, 7) is 4.43. The molecule has 1 aliphatic carbocycles. The predicted molar refractivity (Wildman–Crippen MR) is 139 cm³/mol. The highest BCUT2D eigenvalue weighted by Gasteiger charge is 2.22. The van der Waals surface area contributed by atoms with Gasteiger partial charge in [0.05, 0.1) is 26.7 Å². The van der Waals surface area contributed by atoms with Crippen LogP contribution in [-0.4, -0.2) is 41.8 Å². The Morgan fingerprint density at radius 2 is 1.72 bits per heavy atom. The summed E-state index contributed by atoms with van der Waals surface area (Å²) in [6.07, 6.45) is 8.34. The second kappa shape index (κ2) is 12.9. The van der Waals surface area contributed by atoms with Crippen LogP contribution < -0.4 is 25.7 Å². The molecule has 2 aromatic heterocycles. The zero-order chi connectivity index (χ0) is 26.1. The highest BCUT2D eigenvalue weighted by molar-refractivity contribution is 5.96. The van der Waals surface area contributed by atoms with Gasteiger partial charge in [-0.05, 0) is 30.5 Å². The molecule has 36 heavy (non-hydrogen) atoms. The van der Waals surface area contributed by atoms with Gasteiger partial charge in [0.1, 0.15) is 22.7 Å². The van der Waals surface area contributed by atoms with Gasteiger partial charge in [-0.1, -0.05) is 33.1 Å². The van der Waals surface area contributed by atoms with Crippen molar-refractivity contribution >= 4 is 22.9 Å². The van der Waals surface area contributed by atoms with E-state index in [-0.39, 0.29) is 11.6 Å². The molecule has 2 heterocycles. The van der Waals surface area contributed by atoms with Crippen molar-refractivity contribution in [3.8, 4) is 11.5 Å². The Hall–Kier alpha value is -3.66. The van der Waals surface area contributed by atoms with E-state index in [0.717, 1.165) is 31.2 Å². The molecule has 1 amide bonds. The fourth-order valence-electron chi connectivity index (χ4n) is 4.32. The number of amides is 1. The number of hydrogen-bond acceptors (Lipinski definition) is 8. The van der Waals surface area contributed by atoms with E-state index < -0.39 is 11.3 Å². The van der Waals surface area contributed by atoms with Crippen LogP contribution in [0.25, 0.3) is 11.0 Å². The number of benzene rings is 1. The number of methoxy groups -OCH3 is 2. The van der Waals surface area contributed by atoms with Crippen molar-refractivity contribution in [2.75, 3.05) is 26.6 Å². The molecule has 0 saturated heterocycles. The standard InChI is InChI=1S/C24H29N5O5.C2H6/c1-32-17-9-15(10-18(11-17)33-2)12-25-24-26-13-19-21(30)20(23(31)28-34-3)14-29(22(19)27-24)16-7-5-4-6-8-16;1-2/h9-11,13-14,16H,4-8,12H2,1-3H3,(H,28,31)(H,25,26,27);1-2H3. The monoisotopic (exact) mass is 497 g/mol. The van der Waals surface area contributed by atoms with Crippen LogP contribution in [-0.2, 0) is 11.4 Å². The Kier molecular flexibility index (Phi) is 9.63. The van der Waals surface area contributed by atoms with E-state index >= 15 is 0 Å². The Morgan fingerprint density at radius 3 is 2.33 bits per heavy atom. The van der Waals surface area contributed by atoms with Crippen molar-refractivity contribution in [2.24, 2.45) is 0 Å². The van der Waals surface area contributed by atoms with Crippen molar-refractivity contribution in [3.63, 3.8) is 0 Å². The highest BCUT2D eigenvalue weighted by Crippen LogP contribution is 2.30. The van der Waals surface area contributed by atoms with Crippen molar-refractivity contribution in [3.05, 3.63) is 51.9 Å². The molecule has 3 aromatic rings.